The second kappa shape index (κ2) is 8.97. The predicted molar refractivity (Wildman–Crippen MR) is 112 cm³/mol. The Hall–Kier alpha value is -3.07. The van der Waals surface area contributed by atoms with Crippen LogP contribution in [0.5, 0.6) is 0 Å². The molecule has 3 heterocycles. The number of carbonyl (C=O) groups is 2. The van der Waals surface area contributed by atoms with E-state index >= 15 is 0 Å². The third-order valence-corrected chi connectivity index (χ3v) is 6.16. The van der Waals surface area contributed by atoms with Crippen molar-refractivity contribution in [2.45, 2.75) is 19.8 Å². The molecule has 1 saturated heterocycles. The van der Waals surface area contributed by atoms with E-state index in [1.54, 1.807) is 9.80 Å². The second-order valence-electron chi connectivity index (χ2n) is 7.33. The lowest BCUT2D eigenvalue weighted by molar-refractivity contribution is -0.132. The standard InChI is InChI=1S/C22H21F2N3O3S/c1-14-2-5-19(31-14)22(29)27-10-8-26(9-11-27)21(28)7-6-20-25-13-18(30-20)16-4-3-15(23)12-17(16)24/h2-5,12-13H,6-11H2,1H3. The van der Waals surface area contributed by atoms with E-state index in [-0.39, 0.29) is 36.0 Å². The Morgan fingerprint density at radius 3 is 2.52 bits per heavy atom. The first-order chi connectivity index (χ1) is 14.9. The molecule has 0 N–H and O–H groups in total. The highest BCUT2D eigenvalue weighted by Gasteiger charge is 2.25. The van der Waals surface area contributed by atoms with Crippen LogP contribution >= 0.6 is 11.3 Å². The first-order valence-corrected chi connectivity index (χ1v) is 10.8. The third-order valence-electron chi connectivity index (χ3n) is 5.17. The molecule has 3 aromatic rings. The summed E-state index contributed by atoms with van der Waals surface area (Å²) in [5, 5.41) is 0. The van der Waals surface area contributed by atoms with Crippen molar-refractivity contribution < 1.29 is 22.8 Å². The zero-order valence-electron chi connectivity index (χ0n) is 16.9. The van der Waals surface area contributed by atoms with Crippen molar-refractivity contribution in [3.63, 3.8) is 0 Å². The van der Waals surface area contributed by atoms with E-state index in [1.165, 1.54) is 23.6 Å². The van der Waals surface area contributed by atoms with E-state index in [4.69, 9.17) is 4.42 Å². The molecule has 0 unspecified atom stereocenters. The maximum Gasteiger partial charge on any atom is 0.264 e. The van der Waals surface area contributed by atoms with Gasteiger partial charge in [0.15, 0.2) is 11.7 Å². The van der Waals surface area contributed by atoms with Crippen LogP contribution in [0, 0.1) is 18.6 Å². The van der Waals surface area contributed by atoms with Crippen molar-refractivity contribution in [2.24, 2.45) is 0 Å². The Balaban J connectivity index is 1.28. The van der Waals surface area contributed by atoms with Gasteiger partial charge in [0.05, 0.1) is 16.6 Å². The summed E-state index contributed by atoms with van der Waals surface area (Å²) in [7, 11) is 0. The van der Waals surface area contributed by atoms with Crippen molar-refractivity contribution >= 4 is 23.2 Å². The molecule has 6 nitrogen and oxygen atoms in total. The van der Waals surface area contributed by atoms with Crippen molar-refractivity contribution in [1.82, 2.24) is 14.8 Å². The number of thiophene rings is 1. The zero-order chi connectivity index (χ0) is 22.0. The number of carbonyl (C=O) groups excluding carboxylic acids is 2. The predicted octanol–water partition coefficient (Wildman–Crippen LogP) is 3.91. The Bertz CT molecular complexity index is 1100. The molecule has 0 radical (unpaired) electrons. The van der Waals surface area contributed by atoms with E-state index < -0.39 is 11.6 Å². The number of piperazine rings is 1. The number of hydrogen-bond donors (Lipinski definition) is 0. The first-order valence-electron chi connectivity index (χ1n) is 9.94. The fourth-order valence-corrected chi connectivity index (χ4v) is 4.31. The van der Waals surface area contributed by atoms with Gasteiger partial charge in [0.25, 0.3) is 5.91 Å². The molecule has 0 aliphatic carbocycles. The third kappa shape index (κ3) is 4.82. The molecule has 0 bridgehead atoms. The summed E-state index contributed by atoms with van der Waals surface area (Å²) in [5.74, 6) is -0.940. The van der Waals surface area contributed by atoms with Gasteiger partial charge in [-0.15, -0.1) is 11.3 Å². The summed E-state index contributed by atoms with van der Waals surface area (Å²) in [6.07, 6.45) is 1.84. The van der Waals surface area contributed by atoms with Crippen molar-refractivity contribution in [1.29, 1.82) is 0 Å². The normalized spacial score (nSPS) is 14.2. The summed E-state index contributed by atoms with van der Waals surface area (Å²) >= 11 is 1.47. The highest BCUT2D eigenvalue weighted by atomic mass is 32.1. The van der Waals surface area contributed by atoms with Gasteiger partial charge in [0, 0.05) is 50.0 Å². The van der Waals surface area contributed by atoms with Crippen LogP contribution in [-0.4, -0.2) is 52.8 Å². The minimum absolute atomic E-state index is 0.00513. The van der Waals surface area contributed by atoms with Gasteiger partial charge in [-0.05, 0) is 31.2 Å². The second-order valence-corrected chi connectivity index (χ2v) is 8.61. The van der Waals surface area contributed by atoms with Gasteiger partial charge in [0.2, 0.25) is 5.91 Å². The quantitative estimate of drug-likeness (QED) is 0.597. The van der Waals surface area contributed by atoms with Gasteiger partial charge in [-0.1, -0.05) is 0 Å². The first kappa shape index (κ1) is 21.2. The number of rotatable bonds is 5. The molecule has 2 aromatic heterocycles. The number of halogens is 2. The molecule has 162 valence electrons. The van der Waals surface area contributed by atoms with Crippen LogP contribution in [0.2, 0.25) is 0 Å². The number of aromatic nitrogens is 1. The van der Waals surface area contributed by atoms with Crippen LogP contribution in [0.3, 0.4) is 0 Å². The molecule has 2 amide bonds. The van der Waals surface area contributed by atoms with E-state index in [0.717, 1.165) is 21.9 Å². The Morgan fingerprint density at radius 2 is 1.84 bits per heavy atom. The van der Waals surface area contributed by atoms with Gasteiger partial charge in [-0.25, -0.2) is 13.8 Å². The number of aryl methyl sites for hydroxylation is 2. The van der Waals surface area contributed by atoms with E-state index in [0.29, 0.717) is 32.1 Å². The summed E-state index contributed by atoms with van der Waals surface area (Å²) in [6, 6.07) is 6.98. The summed E-state index contributed by atoms with van der Waals surface area (Å²) in [5.41, 5.74) is 0.119. The van der Waals surface area contributed by atoms with Gasteiger partial charge < -0.3 is 14.2 Å². The van der Waals surface area contributed by atoms with Gasteiger partial charge in [-0.3, -0.25) is 9.59 Å². The molecular weight excluding hydrogens is 424 g/mol. The number of benzene rings is 1. The lowest BCUT2D eigenvalue weighted by Crippen LogP contribution is -2.50. The van der Waals surface area contributed by atoms with Crippen LogP contribution in [0.1, 0.15) is 26.9 Å². The molecule has 0 spiro atoms. The summed E-state index contributed by atoms with van der Waals surface area (Å²) < 4.78 is 32.5. The molecule has 0 atom stereocenters. The lowest BCUT2D eigenvalue weighted by atomic mass is 10.2. The minimum Gasteiger partial charge on any atom is -0.441 e. The van der Waals surface area contributed by atoms with Gasteiger partial charge >= 0.3 is 0 Å². The highest BCUT2D eigenvalue weighted by Crippen LogP contribution is 2.25. The number of amides is 2. The van der Waals surface area contributed by atoms with Crippen molar-refractivity contribution in [3.8, 4) is 11.3 Å². The van der Waals surface area contributed by atoms with Crippen LogP contribution in [0.15, 0.2) is 40.9 Å². The molecule has 9 heteroatoms. The largest absolute Gasteiger partial charge is 0.441 e. The molecule has 1 aliphatic heterocycles. The zero-order valence-corrected chi connectivity index (χ0v) is 17.8. The van der Waals surface area contributed by atoms with E-state index in [2.05, 4.69) is 4.98 Å². The molecular formula is C22H21F2N3O3S. The van der Waals surface area contributed by atoms with E-state index in [1.807, 2.05) is 19.1 Å². The maximum atomic E-state index is 13.9. The van der Waals surface area contributed by atoms with Gasteiger partial charge in [0.1, 0.15) is 11.6 Å². The van der Waals surface area contributed by atoms with Crippen LogP contribution in [0.4, 0.5) is 8.78 Å². The van der Waals surface area contributed by atoms with Crippen LogP contribution in [0.25, 0.3) is 11.3 Å². The average Bonchev–Trinajstić information content (AvgIpc) is 3.41. The highest BCUT2D eigenvalue weighted by molar-refractivity contribution is 7.13. The van der Waals surface area contributed by atoms with Gasteiger partial charge in [-0.2, -0.15) is 0 Å². The Labute approximate surface area is 182 Å². The molecule has 31 heavy (non-hydrogen) atoms. The Kier molecular flexibility index (Phi) is 6.13. The maximum absolute atomic E-state index is 13.9. The monoisotopic (exact) mass is 445 g/mol. The lowest BCUT2D eigenvalue weighted by Gasteiger charge is -2.34. The Morgan fingerprint density at radius 1 is 1.10 bits per heavy atom. The van der Waals surface area contributed by atoms with Crippen molar-refractivity contribution in [2.75, 3.05) is 26.2 Å². The molecule has 0 saturated carbocycles. The topological polar surface area (TPSA) is 66.7 Å². The smallest absolute Gasteiger partial charge is 0.264 e. The van der Waals surface area contributed by atoms with Crippen LogP contribution in [-0.2, 0) is 11.2 Å². The van der Waals surface area contributed by atoms with Crippen molar-refractivity contribution in [3.05, 3.63) is 63.8 Å². The molecule has 1 aromatic carbocycles. The van der Waals surface area contributed by atoms with Crippen LogP contribution < -0.4 is 0 Å². The van der Waals surface area contributed by atoms with E-state index in [9.17, 15) is 18.4 Å². The summed E-state index contributed by atoms with van der Waals surface area (Å²) in [6.45, 7) is 3.91. The molecule has 1 fully saturated rings. The minimum atomic E-state index is -0.732. The SMILES string of the molecule is Cc1ccc(C(=O)N2CCN(C(=O)CCc3ncc(-c4ccc(F)cc4F)o3)CC2)s1. The average molecular weight is 445 g/mol. The number of oxazole rings is 1. The number of hydrogen-bond acceptors (Lipinski definition) is 5. The molecule has 4 rings (SSSR count). The fourth-order valence-electron chi connectivity index (χ4n) is 3.48. The fraction of sp³-hybridized carbons (Fsp3) is 0.318. The summed E-state index contributed by atoms with van der Waals surface area (Å²) in [4.78, 5) is 34.5. The molecule has 1 aliphatic rings. The number of nitrogens with zero attached hydrogens (tertiary/aromatic N) is 3.